The molecule has 3 aromatic carbocycles. The van der Waals surface area contributed by atoms with Gasteiger partial charge in [-0.3, -0.25) is 0 Å². The number of methoxy groups -OCH3 is 1. The van der Waals surface area contributed by atoms with Gasteiger partial charge in [0.05, 0.1) is 34.4 Å². The Morgan fingerprint density at radius 3 is 2.38 bits per heavy atom. The summed E-state index contributed by atoms with van der Waals surface area (Å²) < 4.78 is 71.5. The van der Waals surface area contributed by atoms with E-state index in [1.165, 1.54) is 17.5 Å². The van der Waals surface area contributed by atoms with Crippen LogP contribution in [-0.2, 0) is 31.1 Å². The molecule has 11 nitrogen and oxygen atoms in total. The van der Waals surface area contributed by atoms with Crippen LogP contribution in [0.1, 0.15) is 37.7 Å². The number of ether oxygens (including phenoxy) is 3. The first-order valence-electron chi connectivity index (χ1n) is 16.0. The van der Waals surface area contributed by atoms with Gasteiger partial charge in [-0.25, -0.2) is 16.8 Å². The minimum absolute atomic E-state index is 0.00595. The number of sulfonamides is 1. The fraction of sp³-hybridized carbons (Fsp3) is 0.471. The highest BCUT2D eigenvalue weighted by Crippen LogP contribution is 2.39. The van der Waals surface area contributed by atoms with Crippen molar-refractivity contribution in [1.82, 2.24) is 9.62 Å². The molecule has 0 bridgehead atoms. The minimum atomic E-state index is -3.78. The summed E-state index contributed by atoms with van der Waals surface area (Å²) in [6.07, 6.45) is 2.40. The van der Waals surface area contributed by atoms with Crippen LogP contribution >= 0.6 is 0 Å². The first kappa shape index (κ1) is 33.8. The number of piperidine rings is 1. The Morgan fingerprint density at radius 1 is 0.979 bits per heavy atom. The van der Waals surface area contributed by atoms with Crippen LogP contribution in [0.15, 0.2) is 76.5 Å². The number of nitrogens with zero attached hydrogens (tertiary/aromatic N) is 1. The molecule has 1 saturated carbocycles. The highest BCUT2D eigenvalue weighted by molar-refractivity contribution is 7.92. The lowest BCUT2D eigenvalue weighted by molar-refractivity contribution is -0.0312. The van der Waals surface area contributed by atoms with Gasteiger partial charge in [-0.1, -0.05) is 30.3 Å². The summed E-state index contributed by atoms with van der Waals surface area (Å²) in [7, 11) is -5.58. The summed E-state index contributed by atoms with van der Waals surface area (Å²) in [5.74, 6) is 0.870. The van der Waals surface area contributed by atoms with Crippen molar-refractivity contribution in [2.75, 3.05) is 40.0 Å². The summed E-state index contributed by atoms with van der Waals surface area (Å²) in [5, 5.41) is 13.6. The molecular weight excluding hydrogens is 643 g/mol. The highest BCUT2D eigenvalue weighted by atomic mass is 32.2. The van der Waals surface area contributed by atoms with Crippen LogP contribution in [0.5, 0.6) is 11.5 Å². The van der Waals surface area contributed by atoms with Crippen molar-refractivity contribution < 1.29 is 36.2 Å². The molecule has 0 amide bonds. The molecule has 3 aromatic rings. The molecule has 6 rings (SSSR count). The first-order valence-corrected chi connectivity index (χ1v) is 19.0. The fourth-order valence-corrected chi connectivity index (χ4v) is 9.50. The van der Waals surface area contributed by atoms with E-state index in [-0.39, 0.29) is 34.2 Å². The van der Waals surface area contributed by atoms with E-state index in [0.717, 1.165) is 16.7 Å². The van der Waals surface area contributed by atoms with E-state index in [0.29, 0.717) is 69.8 Å². The third-order valence-corrected chi connectivity index (χ3v) is 13.4. The van der Waals surface area contributed by atoms with Crippen LogP contribution in [0.3, 0.4) is 0 Å². The Balaban J connectivity index is 1.00. The van der Waals surface area contributed by atoms with Crippen LogP contribution in [0.4, 0.5) is 0 Å². The second kappa shape index (κ2) is 13.8. The van der Waals surface area contributed by atoms with Gasteiger partial charge in [0.15, 0.2) is 9.84 Å². The Kier molecular flexibility index (Phi) is 9.96. The van der Waals surface area contributed by atoms with Crippen molar-refractivity contribution in [3.05, 3.63) is 72.3 Å². The average molecular weight is 686 g/mol. The lowest BCUT2D eigenvalue weighted by Crippen LogP contribution is -2.47. The Labute approximate surface area is 277 Å². The third kappa shape index (κ3) is 7.67. The van der Waals surface area contributed by atoms with Gasteiger partial charge < -0.3 is 30.4 Å². The Hall–Kier alpha value is -3.04. The van der Waals surface area contributed by atoms with Crippen molar-refractivity contribution >= 4 is 19.9 Å². The zero-order chi connectivity index (χ0) is 33.2. The number of aliphatic hydroxyl groups is 1. The molecule has 13 heteroatoms. The summed E-state index contributed by atoms with van der Waals surface area (Å²) in [6.45, 7) is 1.84. The van der Waals surface area contributed by atoms with E-state index in [4.69, 9.17) is 19.9 Å². The molecule has 0 radical (unpaired) electrons. The normalized spacial score (nSPS) is 20.7. The Bertz CT molecular complexity index is 1770. The van der Waals surface area contributed by atoms with Gasteiger partial charge in [0.25, 0.3) is 0 Å². The number of nitrogens with two attached hydrogens (primary N) is 1. The molecule has 1 spiro atoms. The molecule has 2 unspecified atom stereocenters. The lowest BCUT2D eigenvalue weighted by Gasteiger charge is -2.38. The van der Waals surface area contributed by atoms with Gasteiger partial charge in [0.1, 0.15) is 24.2 Å². The van der Waals surface area contributed by atoms with Gasteiger partial charge in [-0.2, -0.15) is 4.31 Å². The van der Waals surface area contributed by atoms with Gasteiger partial charge in [-0.05, 0) is 79.1 Å². The smallest absolute Gasteiger partial charge is 0.243 e. The van der Waals surface area contributed by atoms with Crippen molar-refractivity contribution in [1.29, 1.82) is 0 Å². The van der Waals surface area contributed by atoms with Crippen molar-refractivity contribution in [2.45, 2.75) is 71.4 Å². The van der Waals surface area contributed by atoms with Crippen LogP contribution in [0.2, 0.25) is 0 Å². The molecule has 4 N–H and O–H groups in total. The van der Waals surface area contributed by atoms with Gasteiger partial charge in [0, 0.05) is 38.3 Å². The van der Waals surface area contributed by atoms with E-state index in [1.807, 2.05) is 30.3 Å². The second-order valence-corrected chi connectivity index (χ2v) is 16.9. The fourth-order valence-electron chi connectivity index (χ4n) is 6.31. The van der Waals surface area contributed by atoms with E-state index >= 15 is 0 Å². The van der Waals surface area contributed by atoms with E-state index in [1.54, 1.807) is 30.3 Å². The average Bonchev–Trinajstić information content (AvgIpc) is 3.89. The second-order valence-electron chi connectivity index (χ2n) is 12.7. The molecule has 1 aliphatic carbocycles. The van der Waals surface area contributed by atoms with Crippen molar-refractivity contribution in [2.24, 2.45) is 5.73 Å². The minimum Gasteiger partial charge on any atom is -0.497 e. The topological polar surface area (TPSA) is 157 Å². The molecule has 2 atom stereocenters. The number of sulfone groups is 1. The molecule has 2 saturated heterocycles. The molecule has 2 aliphatic heterocycles. The van der Waals surface area contributed by atoms with Gasteiger partial charge in [-0.15, -0.1) is 0 Å². The summed E-state index contributed by atoms with van der Waals surface area (Å²) in [5.41, 5.74) is 7.91. The number of nitrogens with one attached hydrogen (secondary N) is 1. The van der Waals surface area contributed by atoms with Crippen LogP contribution in [0, 0.1) is 0 Å². The quantitative estimate of drug-likeness (QED) is 0.244. The number of benzene rings is 3. The van der Waals surface area contributed by atoms with Gasteiger partial charge >= 0.3 is 0 Å². The van der Waals surface area contributed by atoms with Crippen LogP contribution in [0.25, 0.3) is 11.1 Å². The maximum atomic E-state index is 13.8. The number of hydrogen-bond acceptors (Lipinski definition) is 10. The van der Waals surface area contributed by atoms with Gasteiger partial charge in [0.2, 0.25) is 10.0 Å². The summed E-state index contributed by atoms with van der Waals surface area (Å²) >= 11 is 0. The SMILES string of the molecule is COc1cc(-c2ccc(CN)cc2)cc(S(=O)(=O)N2CCC3(CC2)CC(NCC(O)COc2cccc(S(=O)(=O)C4CC4)c2)CO3)c1. The zero-order valence-corrected chi connectivity index (χ0v) is 28.1. The van der Waals surface area contributed by atoms with Crippen molar-refractivity contribution in [3.8, 4) is 22.6 Å². The molecule has 3 aliphatic rings. The lowest BCUT2D eigenvalue weighted by atomic mass is 9.88. The number of hydrogen-bond donors (Lipinski definition) is 3. The summed E-state index contributed by atoms with van der Waals surface area (Å²) in [4.78, 5) is 0.435. The van der Waals surface area contributed by atoms with Crippen molar-refractivity contribution in [3.63, 3.8) is 0 Å². The molecule has 47 heavy (non-hydrogen) atoms. The third-order valence-electron chi connectivity index (χ3n) is 9.30. The number of rotatable bonds is 13. The summed E-state index contributed by atoms with van der Waals surface area (Å²) in [6, 6.07) is 19.2. The maximum absolute atomic E-state index is 13.8. The zero-order valence-electron chi connectivity index (χ0n) is 26.5. The highest BCUT2D eigenvalue weighted by Gasteiger charge is 2.45. The molecular formula is C34H43N3O8S2. The molecule has 3 fully saturated rings. The maximum Gasteiger partial charge on any atom is 0.243 e. The Morgan fingerprint density at radius 2 is 1.70 bits per heavy atom. The first-order chi connectivity index (χ1) is 22.5. The number of aliphatic hydroxyl groups excluding tert-OH is 1. The largest absolute Gasteiger partial charge is 0.497 e. The molecule has 254 valence electrons. The van der Waals surface area contributed by atoms with E-state index in [9.17, 15) is 21.9 Å². The monoisotopic (exact) mass is 685 g/mol. The van der Waals surface area contributed by atoms with Crippen LogP contribution in [-0.4, -0.2) is 89.2 Å². The van der Waals surface area contributed by atoms with E-state index in [2.05, 4.69) is 5.32 Å². The van der Waals surface area contributed by atoms with Crippen LogP contribution < -0.4 is 20.5 Å². The van der Waals surface area contributed by atoms with E-state index < -0.39 is 31.6 Å². The predicted octanol–water partition coefficient (Wildman–Crippen LogP) is 3.10. The standard InChI is InChI=1S/C34H43N3O8S2/c1-43-30-15-26(25-7-5-24(20-35)6-8-25)16-33(18-30)47(41,42)37-13-11-34(12-14-37)19-27(22-45-34)36-21-28(38)23-44-29-3-2-4-32(17-29)46(39,40)31-9-10-31/h2-8,15-18,27-28,31,36,38H,9-14,19-23,35H2,1H3. The molecule has 2 heterocycles. The molecule has 0 aromatic heterocycles. The predicted molar refractivity (Wildman–Crippen MR) is 178 cm³/mol.